The fraction of sp³-hybridized carbons (Fsp3) is 0.727. The summed E-state index contributed by atoms with van der Waals surface area (Å²) in [5, 5.41) is 15.0. The molecule has 5 heteroatoms. The SMILES string of the molecule is CCn1nc(C)c(Cl)c1CC1CSCC1O. The van der Waals surface area contributed by atoms with Crippen LogP contribution in [0.1, 0.15) is 18.3 Å². The Hall–Kier alpha value is -0.190. The van der Waals surface area contributed by atoms with E-state index in [-0.39, 0.29) is 6.10 Å². The van der Waals surface area contributed by atoms with Crippen molar-refractivity contribution in [3.05, 3.63) is 16.4 Å². The zero-order valence-corrected chi connectivity index (χ0v) is 11.2. The molecule has 0 radical (unpaired) electrons. The fourth-order valence-corrected chi connectivity index (χ4v) is 3.60. The first kappa shape index (κ1) is 12.3. The number of hydrogen-bond donors (Lipinski definition) is 1. The van der Waals surface area contributed by atoms with E-state index in [0.717, 1.165) is 40.9 Å². The molecule has 1 aliphatic rings. The Morgan fingerprint density at radius 1 is 1.56 bits per heavy atom. The van der Waals surface area contributed by atoms with E-state index in [0.29, 0.717) is 5.92 Å². The Bertz CT molecular complexity index is 380. The van der Waals surface area contributed by atoms with Gasteiger partial charge in [-0.3, -0.25) is 4.68 Å². The van der Waals surface area contributed by atoms with Crippen molar-refractivity contribution in [2.75, 3.05) is 11.5 Å². The number of aryl methyl sites for hydroxylation is 2. The van der Waals surface area contributed by atoms with Crippen LogP contribution in [-0.4, -0.2) is 32.5 Å². The van der Waals surface area contributed by atoms with Gasteiger partial charge in [-0.15, -0.1) is 0 Å². The number of nitrogens with zero attached hydrogens (tertiary/aromatic N) is 2. The number of aliphatic hydroxyl groups is 1. The Kier molecular flexibility index (Phi) is 3.82. The molecule has 3 nitrogen and oxygen atoms in total. The number of aromatic nitrogens is 2. The van der Waals surface area contributed by atoms with E-state index >= 15 is 0 Å². The minimum atomic E-state index is -0.193. The maximum atomic E-state index is 9.82. The normalized spacial score (nSPS) is 25.2. The first-order chi connectivity index (χ1) is 7.63. The molecule has 90 valence electrons. The number of thioether (sulfide) groups is 1. The van der Waals surface area contributed by atoms with Crippen LogP contribution >= 0.6 is 23.4 Å². The Morgan fingerprint density at radius 3 is 2.88 bits per heavy atom. The van der Waals surface area contributed by atoms with Crippen molar-refractivity contribution in [3.63, 3.8) is 0 Å². The Labute approximate surface area is 105 Å². The first-order valence-corrected chi connectivity index (χ1v) is 7.14. The average molecular weight is 261 g/mol. The lowest BCUT2D eigenvalue weighted by Crippen LogP contribution is -2.21. The van der Waals surface area contributed by atoms with Crippen LogP contribution in [0.5, 0.6) is 0 Å². The number of hydrogen-bond acceptors (Lipinski definition) is 3. The molecule has 16 heavy (non-hydrogen) atoms. The van der Waals surface area contributed by atoms with Gasteiger partial charge in [0.15, 0.2) is 0 Å². The molecule has 2 rings (SSSR count). The second-order valence-electron chi connectivity index (χ2n) is 4.23. The summed E-state index contributed by atoms with van der Waals surface area (Å²) in [7, 11) is 0. The summed E-state index contributed by atoms with van der Waals surface area (Å²) in [4.78, 5) is 0. The van der Waals surface area contributed by atoms with E-state index in [1.165, 1.54) is 0 Å². The van der Waals surface area contributed by atoms with E-state index in [1.54, 1.807) is 0 Å². The van der Waals surface area contributed by atoms with Gasteiger partial charge in [-0.05, 0) is 26.0 Å². The zero-order valence-electron chi connectivity index (χ0n) is 9.61. The topological polar surface area (TPSA) is 38.0 Å². The van der Waals surface area contributed by atoms with Crippen molar-refractivity contribution in [1.29, 1.82) is 0 Å². The van der Waals surface area contributed by atoms with E-state index in [4.69, 9.17) is 11.6 Å². The molecule has 1 N–H and O–H groups in total. The van der Waals surface area contributed by atoms with Crippen LogP contribution in [0, 0.1) is 12.8 Å². The monoisotopic (exact) mass is 260 g/mol. The molecule has 2 heterocycles. The lowest BCUT2D eigenvalue weighted by molar-refractivity contribution is 0.148. The van der Waals surface area contributed by atoms with Gasteiger partial charge in [-0.2, -0.15) is 16.9 Å². The van der Waals surface area contributed by atoms with Crippen molar-refractivity contribution in [3.8, 4) is 0 Å². The summed E-state index contributed by atoms with van der Waals surface area (Å²) >= 11 is 8.06. The molecule has 0 aromatic carbocycles. The summed E-state index contributed by atoms with van der Waals surface area (Å²) in [6.07, 6.45) is 0.642. The summed E-state index contributed by atoms with van der Waals surface area (Å²) in [5.74, 6) is 2.19. The summed E-state index contributed by atoms with van der Waals surface area (Å²) < 4.78 is 1.95. The molecular formula is C11H17ClN2OS. The third-order valence-electron chi connectivity index (χ3n) is 3.07. The van der Waals surface area contributed by atoms with Crippen molar-refractivity contribution < 1.29 is 5.11 Å². The van der Waals surface area contributed by atoms with Gasteiger partial charge in [-0.1, -0.05) is 11.6 Å². The Balaban J connectivity index is 2.19. The van der Waals surface area contributed by atoms with E-state index < -0.39 is 0 Å². The molecule has 1 saturated heterocycles. The maximum Gasteiger partial charge on any atom is 0.0847 e. The van der Waals surface area contributed by atoms with Crippen LogP contribution in [-0.2, 0) is 13.0 Å². The van der Waals surface area contributed by atoms with Crippen LogP contribution in [0.3, 0.4) is 0 Å². The smallest absolute Gasteiger partial charge is 0.0847 e. The summed E-state index contributed by atoms with van der Waals surface area (Å²) in [6, 6.07) is 0. The van der Waals surface area contributed by atoms with Crippen molar-refractivity contribution in [2.24, 2.45) is 5.92 Å². The first-order valence-electron chi connectivity index (χ1n) is 5.61. The second kappa shape index (κ2) is 4.98. The van der Waals surface area contributed by atoms with E-state index in [9.17, 15) is 5.11 Å². The van der Waals surface area contributed by atoms with Gasteiger partial charge in [0.25, 0.3) is 0 Å². The van der Waals surface area contributed by atoms with E-state index in [2.05, 4.69) is 12.0 Å². The zero-order chi connectivity index (χ0) is 11.7. The number of rotatable bonds is 3. The highest BCUT2D eigenvalue weighted by atomic mass is 35.5. The molecule has 1 aliphatic heterocycles. The van der Waals surface area contributed by atoms with Crippen molar-refractivity contribution in [1.82, 2.24) is 9.78 Å². The van der Waals surface area contributed by atoms with Crippen molar-refractivity contribution in [2.45, 2.75) is 32.9 Å². The van der Waals surface area contributed by atoms with Crippen LogP contribution in [0.2, 0.25) is 5.02 Å². The van der Waals surface area contributed by atoms with Gasteiger partial charge in [0.2, 0.25) is 0 Å². The molecule has 1 aromatic rings. The van der Waals surface area contributed by atoms with Crippen LogP contribution in [0.4, 0.5) is 0 Å². The van der Waals surface area contributed by atoms with Gasteiger partial charge in [-0.25, -0.2) is 0 Å². The molecule has 1 aromatic heterocycles. The molecule has 2 unspecified atom stereocenters. The minimum Gasteiger partial charge on any atom is -0.392 e. The second-order valence-corrected chi connectivity index (χ2v) is 5.68. The fourth-order valence-electron chi connectivity index (χ4n) is 2.09. The van der Waals surface area contributed by atoms with Crippen molar-refractivity contribution >= 4 is 23.4 Å². The number of halogens is 1. The van der Waals surface area contributed by atoms with Crippen LogP contribution < -0.4 is 0 Å². The average Bonchev–Trinajstić information content (AvgIpc) is 2.78. The largest absolute Gasteiger partial charge is 0.392 e. The molecule has 0 bridgehead atoms. The summed E-state index contributed by atoms with van der Waals surface area (Å²) in [6.45, 7) is 4.82. The lowest BCUT2D eigenvalue weighted by Gasteiger charge is -2.14. The van der Waals surface area contributed by atoms with Gasteiger partial charge < -0.3 is 5.11 Å². The predicted octanol–water partition coefficient (Wildman–Crippen LogP) is 2.13. The summed E-state index contributed by atoms with van der Waals surface area (Å²) in [5.41, 5.74) is 1.96. The molecule has 2 atom stereocenters. The standard InChI is InChI=1S/C11H17ClN2OS/c1-3-14-9(11(12)7(2)13-14)4-8-5-16-6-10(8)15/h8,10,15H,3-6H2,1-2H3. The van der Waals surface area contributed by atoms with Gasteiger partial charge >= 0.3 is 0 Å². The molecular weight excluding hydrogens is 244 g/mol. The maximum absolute atomic E-state index is 9.82. The van der Waals surface area contributed by atoms with Gasteiger partial charge in [0.1, 0.15) is 0 Å². The molecule has 0 spiro atoms. The number of aliphatic hydroxyl groups excluding tert-OH is 1. The highest BCUT2D eigenvalue weighted by Gasteiger charge is 2.28. The highest BCUT2D eigenvalue weighted by Crippen LogP contribution is 2.30. The quantitative estimate of drug-likeness (QED) is 0.905. The van der Waals surface area contributed by atoms with Gasteiger partial charge in [0.05, 0.1) is 22.5 Å². The third kappa shape index (κ3) is 2.24. The Morgan fingerprint density at radius 2 is 2.31 bits per heavy atom. The molecule has 0 amide bonds. The van der Waals surface area contributed by atoms with Crippen LogP contribution in [0.25, 0.3) is 0 Å². The third-order valence-corrected chi connectivity index (χ3v) is 4.81. The predicted molar refractivity (Wildman–Crippen MR) is 68.2 cm³/mol. The lowest BCUT2D eigenvalue weighted by atomic mass is 10.00. The highest BCUT2D eigenvalue weighted by molar-refractivity contribution is 7.99. The van der Waals surface area contributed by atoms with E-state index in [1.807, 2.05) is 23.4 Å². The minimum absolute atomic E-state index is 0.193. The molecule has 0 saturated carbocycles. The molecule has 1 fully saturated rings. The van der Waals surface area contributed by atoms with Gasteiger partial charge in [0, 0.05) is 18.2 Å². The van der Waals surface area contributed by atoms with Crippen LogP contribution in [0.15, 0.2) is 0 Å². The molecule has 0 aliphatic carbocycles.